The fourth-order valence-corrected chi connectivity index (χ4v) is 2.34. The van der Waals surface area contributed by atoms with E-state index in [2.05, 4.69) is 15.5 Å². The molecule has 1 aromatic carbocycles. The highest BCUT2D eigenvalue weighted by Crippen LogP contribution is 2.20. The van der Waals surface area contributed by atoms with Gasteiger partial charge in [-0.3, -0.25) is 9.78 Å². The number of oxime groups is 1. The fourth-order valence-electron chi connectivity index (χ4n) is 2.34. The van der Waals surface area contributed by atoms with E-state index in [4.69, 9.17) is 14.9 Å². The van der Waals surface area contributed by atoms with Crippen molar-refractivity contribution in [2.24, 2.45) is 5.16 Å². The number of pyridine rings is 1. The van der Waals surface area contributed by atoms with Crippen molar-refractivity contribution in [1.29, 1.82) is 0 Å². The van der Waals surface area contributed by atoms with Crippen LogP contribution in [-0.4, -0.2) is 46.3 Å². The first-order valence-corrected chi connectivity index (χ1v) is 7.52. The maximum absolute atomic E-state index is 11.8. The van der Waals surface area contributed by atoms with Gasteiger partial charge in [0.2, 0.25) is 6.10 Å². The second-order valence-corrected chi connectivity index (χ2v) is 5.36. The van der Waals surface area contributed by atoms with Crippen molar-refractivity contribution in [1.82, 2.24) is 10.3 Å². The van der Waals surface area contributed by atoms with Gasteiger partial charge in [-0.2, -0.15) is 0 Å². The van der Waals surface area contributed by atoms with Crippen molar-refractivity contribution in [2.75, 3.05) is 6.44 Å². The molecule has 3 N–H and O–H groups in total. The number of carbonyl (C=O) groups excluding carboxylic acids is 1. The van der Waals surface area contributed by atoms with Crippen molar-refractivity contribution in [3.8, 4) is 11.3 Å². The first-order valence-electron chi connectivity index (χ1n) is 7.52. The summed E-state index contributed by atoms with van der Waals surface area (Å²) in [6.07, 6.45) is 0.983. The van der Waals surface area contributed by atoms with Crippen molar-refractivity contribution in [3.63, 3.8) is 0 Å². The lowest BCUT2D eigenvalue weighted by Gasteiger charge is -2.08. The van der Waals surface area contributed by atoms with Gasteiger partial charge < -0.3 is 20.2 Å². The van der Waals surface area contributed by atoms with Crippen LogP contribution >= 0.6 is 0 Å². The maximum Gasteiger partial charge on any atom is 0.472 e. The average Bonchev–Trinajstić information content (AvgIpc) is 3.11. The van der Waals surface area contributed by atoms with Crippen LogP contribution in [0.25, 0.3) is 11.3 Å². The van der Waals surface area contributed by atoms with E-state index in [9.17, 15) is 4.79 Å². The molecule has 1 unspecified atom stereocenters. The molecular weight excluding hydrogens is 309 g/mol. The molecule has 0 bridgehead atoms. The lowest BCUT2D eigenvalue weighted by atomic mass is 9.92. The number of aromatic nitrogens is 1. The quantitative estimate of drug-likeness (QED) is 0.689. The Morgan fingerprint density at radius 3 is 2.67 bits per heavy atom. The highest BCUT2D eigenvalue weighted by atomic mass is 16.6. The van der Waals surface area contributed by atoms with Gasteiger partial charge in [0, 0.05) is 23.7 Å². The number of hydrogen-bond donors (Lipinski definition) is 3. The van der Waals surface area contributed by atoms with Crippen LogP contribution in [0.4, 0.5) is 0 Å². The Hall–Kier alpha value is -2.71. The number of hydrogen-bond acceptors (Lipinski definition) is 6. The molecule has 0 aliphatic carbocycles. The Morgan fingerprint density at radius 1 is 1.21 bits per heavy atom. The predicted octanol–water partition coefficient (Wildman–Crippen LogP) is 0.370. The van der Waals surface area contributed by atoms with Gasteiger partial charge >= 0.3 is 7.12 Å². The Labute approximate surface area is 139 Å². The molecule has 122 valence electrons. The number of benzene rings is 1. The third-order valence-electron chi connectivity index (χ3n) is 3.59. The van der Waals surface area contributed by atoms with E-state index in [1.807, 2.05) is 42.5 Å². The minimum absolute atomic E-state index is 0.249. The van der Waals surface area contributed by atoms with Crippen molar-refractivity contribution >= 4 is 18.7 Å². The fraction of sp³-hybridized carbons (Fsp3) is 0.188. The molecule has 2 heterocycles. The van der Waals surface area contributed by atoms with E-state index < -0.39 is 19.1 Å². The molecule has 0 saturated carbocycles. The van der Waals surface area contributed by atoms with Crippen LogP contribution in [-0.2, 0) is 9.63 Å². The van der Waals surface area contributed by atoms with Crippen LogP contribution in [0.15, 0.2) is 53.8 Å². The molecule has 0 saturated heterocycles. The number of amides is 1. The molecule has 1 aliphatic heterocycles. The third kappa shape index (κ3) is 3.79. The Balaban J connectivity index is 1.63. The van der Waals surface area contributed by atoms with Gasteiger partial charge in [0.25, 0.3) is 5.91 Å². The third-order valence-corrected chi connectivity index (χ3v) is 3.59. The average molecular weight is 325 g/mol. The zero-order valence-corrected chi connectivity index (χ0v) is 12.8. The molecular formula is C16H16BN3O4. The van der Waals surface area contributed by atoms with Crippen LogP contribution in [0.1, 0.15) is 12.0 Å². The van der Waals surface area contributed by atoms with E-state index in [1.165, 1.54) is 0 Å². The smallest absolute Gasteiger partial charge is 0.426 e. The molecule has 2 aromatic rings. The molecule has 1 amide bonds. The minimum Gasteiger partial charge on any atom is -0.426 e. The van der Waals surface area contributed by atoms with Crippen molar-refractivity contribution < 1.29 is 19.7 Å². The summed E-state index contributed by atoms with van der Waals surface area (Å²) in [5.41, 5.74) is 3.29. The summed E-state index contributed by atoms with van der Waals surface area (Å²) in [6.45, 7) is 0. The standard InChI is InChI=1S/C16H16BN3O4/c21-16(19-10-17(22)23)15-8-14(20-24-15)12-6-7-13(18-9-12)11-4-2-1-3-5-11/h1-7,9,15,22-23H,8,10H2,(H,19,21). The highest BCUT2D eigenvalue weighted by Gasteiger charge is 2.29. The molecule has 1 atom stereocenters. The summed E-state index contributed by atoms with van der Waals surface area (Å²) in [5.74, 6) is -0.435. The summed E-state index contributed by atoms with van der Waals surface area (Å²) >= 11 is 0. The molecule has 8 heteroatoms. The van der Waals surface area contributed by atoms with Gasteiger partial charge in [-0.1, -0.05) is 35.5 Å². The number of nitrogens with zero attached hydrogens (tertiary/aromatic N) is 2. The van der Waals surface area contributed by atoms with Crippen LogP contribution in [0.5, 0.6) is 0 Å². The van der Waals surface area contributed by atoms with Crippen LogP contribution in [0, 0.1) is 0 Å². The number of rotatable bonds is 5. The summed E-state index contributed by atoms with van der Waals surface area (Å²) in [7, 11) is -1.59. The van der Waals surface area contributed by atoms with Gasteiger partial charge in [-0.25, -0.2) is 0 Å². The lowest BCUT2D eigenvalue weighted by Crippen LogP contribution is -2.41. The molecule has 1 aliphatic rings. The second kappa shape index (κ2) is 7.24. The molecule has 0 fully saturated rings. The van der Waals surface area contributed by atoms with Gasteiger partial charge in [0.1, 0.15) is 0 Å². The first-order chi connectivity index (χ1) is 11.6. The van der Waals surface area contributed by atoms with E-state index in [0.29, 0.717) is 12.1 Å². The Morgan fingerprint density at radius 2 is 2.00 bits per heavy atom. The maximum atomic E-state index is 11.8. The van der Waals surface area contributed by atoms with Crippen LogP contribution < -0.4 is 5.32 Å². The molecule has 7 nitrogen and oxygen atoms in total. The second-order valence-electron chi connectivity index (χ2n) is 5.36. The summed E-state index contributed by atoms with van der Waals surface area (Å²) in [6, 6.07) is 13.6. The molecule has 24 heavy (non-hydrogen) atoms. The van der Waals surface area contributed by atoms with E-state index in [-0.39, 0.29) is 6.44 Å². The zero-order chi connectivity index (χ0) is 16.9. The van der Waals surface area contributed by atoms with E-state index >= 15 is 0 Å². The van der Waals surface area contributed by atoms with E-state index in [0.717, 1.165) is 16.8 Å². The summed E-state index contributed by atoms with van der Waals surface area (Å²) < 4.78 is 0. The summed E-state index contributed by atoms with van der Waals surface area (Å²) in [4.78, 5) is 21.4. The Bertz CT molecular complexity index is 735. The van der Waals surface area contributed by atoms with Crippen molar-refractivity contribution in [2.45, 2.75) is 12.5 Å². The Kier molecular flexibility index (Phi) is 4.88. The molecule has 0 spiro atoms. The number of nitrogens with one attached hydrogen (secondary N) is 1. The van der Waals surface area contributed by atoms with Crippen LogP contribution in [0.3, 0.4) is 0 Å². The van der Waals surface area contributed by atoms with E-state index in [1.54, 1.807) is 6.20 Å². The zero-order valence-electron chi connectivity index (χ0n) is 12.8. The normalized spacial score (nSPS) is 16.2. The molecule has 0 radical (unpaired) electrons. The molecule has 1 aromatic heterocycles. The highest BCUT2D eigenvalue weighted by molar-refractivity contribution is 6.41. The monoisotopic (exact) mass is 325 g/mol. The summed E-state index contributed by atoms with van der Waals surface area (Å²) in [5, 5.41) is 23.8. The van der Waals surface area contributed by atoms with Crippen LogP contribution in [0.2, 0.25) is 0 Å². The minimum atomic E-state index is -1.59. The van der Waals surface area contributed by atoms with Crippen molar-refractivity contribution in [3.05, 3.63) is 54.2 Å². The largest absolute Gasteiger partial charge is 0.472 e. The SMILES string of the molecule is O=C(NCB(O)O)C1CC(c2ccc(-c3ccccc3)nc2)=NO1. The molecule has 3 rings (SSSR count). The van der Waals surface area contributed by atoms with Gasteiger partial charge in [0.15, 0.2) is 0 Å². The lowest BCUT2D eigenvalue weighted by molar-refractivity contribution is -0.130. The van der Waals surface area contributed by atoms with Gasteiger partial charge in [0.05, 0.1) is 17.8 Å². The van der Waals surface area contributed by atoms with Gasteiger partial charge in [-0.05, 0) is 12.1 Å². The number of carbonyl (C=O) groups is 1. The first kappa shape index (κ1) is 16.2. The predicted molar refractivity (Wildman–Crippen MR) is 88.9 cm³/mol. The van der Waals surface area contributed by atoms with Gasteiger partial charge in [-0.15, -0.1) is 0 Å². The topological polar surface area (TPSA) is 104 Å².